The van der Waals surface area contributed by atoms with Crippen molar-refractivity contribution in [3.8, 4) is 11.4 Å². The topological polar surface area (TPSA) is 154 Å². The maximum Gasteiger partial charge on any atom is 0.330 e. The summed E-state index contributed by atoms with van der Waals surface area (Å²) < 4.78 is 5.34. The van der Waals surface area contributed by atoms with Gasteiger partial charge in [-0.15, -0.1) is 25.5 Å². The van der Waals surface area contributed by atoms with E-state index in [0.29, 0.717) is 37.1 Å². The average molecular weight is 487 g/mol. The van der Waals surface area contributed by atoms with Gasteiger partial charge in [0.2, 0.25) is 11.7 Å². The molecule has 1 aliphatic rings. The van der Waals surface area contributed by atoms with E-state index in [4.69, 9.17) is 4.74 Å². The van der Waals surface area contributed by atoms with E-state index in [1.54, 1.807) is 0 Å². The van der Waals surface area contributed by atoms with Gasteiger partial charge in [0.05, 0.1) is 0 Å². The van der Waals surface area contributed by atoms with Crippen molar-refractivity contribution >= 4 is 23.7 Å². The van der Waals surface area contributed by atoms with E-state index in [-0.39, 0.29) is 18.7 Å². The van der Waals surface area contributed by atoms with Gasteiger partial charge in [0.15, 0.2) is 6.33 Å². The van der Waals surface area contributed by atoms with E-state index in [1.807, 2.05) is 45.0 Å². The lowest BCUT2D eigenvalue weighted by atomic mass is 9.88. The highest BCUT2D eigenvalue weighted by atomic mass is 16.7. The van der Waals surface area contributed by atoms with E-state index < -0.39 is 23.2 Å². The van der Waals surface area contributed by atoms with Crippen molar-refractivity contribution in [2.24, 2.45) is 5.41 Å². The molecular weight excluding hydrogens is 456 g/mol. The molecular formula is C23H30N6O6. The molecule has 0 atom stereocenters. The molecule has 35 heavy (non-hydrogen) atoms. The lowest BCUT2D eigenvalue weighted by Gasteiger charge is -2.23. The molecule has 1 saturated heterocycles. The van der Waals surface area contributed by atoms with Gasteiger partial charge in [-0.2, -0.15) is 0 Å². The van der Waals surface area contributed by atoms with Gasteiger partial charge in [-0.25, -0.2) is 4.79 Å². The zero-order valence-electron chi connectivity index (χ0n) is 20.3. The highest BCUT2D eigenvalue weighted by Gasteiger charge is 2.31. The Bertz CT molecular complexity index is 997. The van der Waals surface area contributed by atoms with Gasteiger partial charge in [0, 0.05) is 50.5 Å². The van der Waals surface area contributed by atoms with Crippen molar-refractivity contribution in [1.82, 2.24) is 30.8 Å². The van der Waals surface area contributed by atoms with Crippen LogP contribution in [0.15, 0.2) is 30.6 Å². The molecule has 1 fully saturated rings. The summed E-state index contributed by atoms with van der Waals surface area (Å²) in [5, 5.41) is 18.7. The van der Waals surface area contributed by atoms with Gasteiger partial charge < -0.3 is 14.9 Å². The molecule has 3 amide bonds. The molecule has 0 radical (unpaired) electrons. The predicted octanol–water partition coefficient (Wildman–Crippen LogP) is 1.62. The lowest BCUT2D eigenvalue weighted by molar-refractivity contribution is -0.195. The Labute approximate surface area is 203 Å². The van der Waals surface area contributed by atoms with Crippen molar-refractivity contribution in [1.29, 1.82) is 0 Å². The number of rotatable bonds is 9. The van der Waals surface area contributed by atoms with Crippen molar-refractivity contribution in [2.45, 2.75) is 53.5 Å². The van der Waals surface area contributed by atoms with Gasteiger partial charge in [0.25, 0.3) is 11.8 Å². The molecule has 0 spiro atoms. The molecule has 0 unspecified atom stereocenters. The van der Waals surface area contributed by atoms with Crippen molar-refractivity contribution in [3.63, 3.8) is 0 Å². The first-order valence-corrected chi connectivity index (χ1v) is 11.1. The summed E-state index contributed by atoms with van der Waals surface area (Å²) in [6, 6.07) is 7.64. The minimum Gasteiger partial charge on any atom is -0.382 e. The summed E-state index contributed by atoms with van der Waals surface area (Å²) in [7, 11) is 0. The van der Waals surface area contributed by atoms with Gasteiger partial charge in [-0.05, 0) is 18.9 Å². The first-order valence-electron chi connectivity index (χ1n) is 11.1. The Kier molecular flexibility index (Phi) is 10.3. The van der Waals surface area contributed by atoms with Crippen LogP contribution in [0.25, 0.3) is 11.4 Å². The van der Waals surface area contributed by atoms with Crippen molar-refractivity contribution in [3.05, 3.63) is 36.2 Å². The fourth-order valence-electron chi connectivity index (χ4n) is 2.88. The minimum atomic E-state index is -0.659. The SMILES string of the molecule is CC(=O)ON1C(=O)CCC1=O.CCOCCC(C)(C)C(=O)NCc1ccc(-c2nncnn2)cc1. The summed E-state index contributed by atoms with van der Waals surface area (Å²) in [6.07, 6.45) is 2.25. The Morgan fingerprint density at radius 1 is 1.06 bits per heavy atom. The van der Waals surface area contributed by atoms with Crippen LogP contribution in [0.1, 0.15) is 52.5 Å². The van der Waals surface area contributed by atoms with Crippen LogP contribution in [0, 0.1) is 5.41 Å². The number of hydrogen-bond acceptors (Lipinski definition) is 10. The number of hydroxylamine groups is 2. The molecule has 0 aliphatic carbocycles. The average Bonchev–Trinajstić information content (AvgIpc) is 3.15. The summed E-state index contributed by atoms with van der Waals surface area (Å²) in [4.78, 5) is 48.5. The number of imide groups is 1. The summed E-state index contributed by atoms with van der Waals surface area (Å²) in [6.45, 7) is 8.67. The molecule has 2 heterocycles. The first-order chi connectivity index (χ1) is 16.6. The summed E-state index contributed by atoms with van der Waals surface area (Å²) in [5.74, 6) is -1.07. The predicted molar refractivity (Wildman–Crippen MR) is 123 cm³/mol. The van der Waals surface area contributed by atoms with Crippen LogP contribution in [0.4, 0.5) is 0 Å². The maximum absolute atomic E-state index is 12.3. The number of amides is 3. The number of ether oxygens (including phenoxy) is 1. The third-order valence-corrected chi connectivity index (χ3v) is 4.99. The van der Waals surface area contributed by atoms with E-state index >= 15 is 0 Å². The van der Waals surface area contributed by atoms with Gasteiger partial charge >= 0.3 is 5.97 Å². The Morgan fingerprint density at radius 2 is 1.66 bits per heavy atom. The largest absolute Gasteiger partial charge is 0.382 e. The number of aromatic nitrogens is 4. The van der Waals surface area contributed by atoms with Crippen LogP contribution < -0.4 is 5.32 Å². The van der Waals surface area contributed by atoms with Crippen LogP contribution in [0.3, 0.4) is 0 Å². The molecule has 188 valence electrons. The van der Waals surface area contributed by atoms with E-state index in [9.17, 15) is 19.2 Å². The lowest BCUT2D eigenvalue weighted by Crippen LogP contribution is -2.37. The van der Waals surface area contributed by atoms with Crippen LogP contribution in [0.2, 0.25) is 0 Å². The van der Waals surface area contributed by atoms with E-state index in [0.717, 1.165) is 18.1 Å². The van der Waals surface area contributed by atoms with Crippen molar-refractivity contribution in [2.75, 3.05) is 13.2 Å². The Hall–Kier alpha value is -3.80. The number of hydrogen-bond donors (Lipinski definition) is 1. The van der Waals surface area contributed by atoms with Crippen molar-refractivity contribution < 1.29 is 28.8 Å². The zero-order valence-corrected chi connectivity index (χ0v) is 20.3. The second kappa shape index (κ2) is 13.2. The van der Waals surface area contributed by atoms with Crippen LogP contribution in [0.5, 0.6) is 0 Å². The summed E-state index contributed by atoms with van der Waals surface area (Å²) >= 11 is 0. The van der Waals surface area contributed by atoms with Crippen LogP contribution in [-0.2, 0) is 35.3 Å². The van der Waals surface area contributed by atoms with Gasteiger partial charge in [-0.3, -0.25) is 14.4 Å². The highest BCUT2D eigenvalue weighted by Crippen LogP contribution is 2.21. The van der Waals surface area contributed by atoms with Crippen LogP contribution in [-0.4, -0.2) is 62.4 Å². The molecule has 12 nitrogen and oxygen atoms in total. The molecule has 1 N–H and O–H groups in total. The quantitative estimate of drug-likeness (QED) is 0.408. The number of nitrogens with zero attached hydrogens (tertiary/aromatic N) is 5. The molecule has 3 rings (SSSR count). The fourth-order valence-corrected chi connectivity index (χ4v) is 2.88. The fraction of sp³-hybridized carbons (Fsp3) is 0.478. The number of carbonyl (C=O) groups is 4. The molecule has 1 aliphatic heterocycles. The zero-order chi connectivity index (χ0) is 25.8. The second-order valence-electron chi connectivity index (χ2n) is 8.25. The Balaban J connectivity index is 0.000000328. The number of benzene rings is 1. The highest BCUT2D eigenvalue weighted by molar-refractivity contribution is 6.01. The summed E-state index contributed by atoms with van der Waals surface area (Å²) in [5.41, 5.74) is 1.39. The Morgan fingerprint density at radius 3 is 2.20 bits per heavy atom. The smallest absolute Gasteiger partial charge is 0.330 e. The molecule has 2 aromatic rings. The van der Waals surface area contributed by atoms with Gasteiger partial charge in [-0.1, -0.05) is 38.1 Å². The van der Waals surface area contributed by atoms with E-state index in [1.165, 1.54) is 6.33 Å². The first kappa shape index (κ1) is 27.4. The van der Waals surface area contributed by atoms with Crippen LogP contribution >= 0.6 is 0 Å². The maximum atomic E-state index is 12.3. The normalized spacial score (nSPS) is 13.2. The standard InChI is InChI=1S/C17H23N5O2.C6H7NO4/c1-4-24-10-9-17(2,3)16(23)18-11-13-5-7-14(8-6-13)15-21-19-12-20-22-15;1-4(8)11-7-5(9)2-3-6(7)10/h5-8,12H,4,9-11H2,1-3H3,(H,18,23);2-3H2,1H3. The minimum absolute atomic E-state index is 0.0195. The number of carbonyl (C=O) groups excluding carboxylic acids is 4. The van der Waals surface area contributed by atoms with E-state index in [2.05, 4.69) is 30.5 Å². The second-order valence-corrected chi connectivity index (χ2v) is 8.25. The monoisotopic (exact) mass is 486 g/mol. The van der Waals surface area contributed by atoms with Gasteiger partial charge in [0.1, 0.15) is 0 Å². The third-order valence-electron chi connectivity index (χ3n) is 4.99. The molecule has 1 aromatic heterocycles. The molecule has 12 heteroatoms. The molecule has 0 saturated carbocycles. The molecule has 0 bridgehead atoms. The third kappa shape index (κ3) is 8.81. The molecule has 1 aromatic carbocycles. The number of nitrogens with one attached hydrogen (secondary N) is 1.